The van der Waals surface area contributed by atoms with E-state index in [2.05, 4.69) is 51.0 Å². The smallest absolute Gasteiger partial charge is 0.246 e. The highest BCUT2D eigenvalue weighted by molar-refractivity contribution is 6.35. The third-order valence-electron chi connectivity index (χ3n) is 10.7. The molecule has 3 heterocycles. The minimum absolute atomic E-state index is 0.0958. The topological polar surface area (TPSA) is 77.5 Å². The number of hydrogen-bond donors (Lipinski definition) is 1. The van der Waals surface area contributed by atoms with Crippen LogP contribution in [0.5, 0.6) is 5.75 Å². The summed E-state index contributed by atoms with van der Waals surface area (Å²) in [7, 11) is 0. The molecule has 5 atom stereocenters. The molecule has 0 radical (unpaired) electrons. The van der Waals surface area contributed by atoms with Crippen LogP contribution in [-0.2, 0) is 9.59 Å². The van der Waals surface area contributed by atoms with E-state index in [1.165, 1.54) is 31.9 Å². The van der Waals surface area contributed by atoms with Gasteiger partial charge in [-0.3, -0.25) is 9.59 Å². The summed E-state index contributed by atoms with van der Waals surface area (Å²) in [5.74, 6) is 1.99. The molecular weight excluding hydrogens is 610 g/mol. The molecule has 4 aliphatic rings. The second-order valence-corrected chi connectivity index (χ2v) is 14.1. The van der Waals surface area contributed by atoms with Crippen molar-refractivity contribution in [3.8, 4) is 16.9 Å². The number of carbonyl (C=O) groups excluding carboxylic acids is 2. The average Bonchev–Trinajstić information content (AvgIpc) is 3.71. The van der Waals surface area contributed by atoms with E-state index in [1.54, 1.807) is 0 Å². The van der Waals surface area contributed by atoms with Crippen LogP contribution in [0.25, 0.3) is 21.9 Å². The number of nitrogens with zero attached hydrogens (tertiary/aromatic N) is 4. The Labute approximate surface area is 282 Å². The van der Waals surface area contributed by atoms with Crippen LogP contribution in [0.2, 0.25) is 5.02 Å². The normalized spacial score (nSPS) is 25.8. The number of amidine groups is 1. The number of fused-ring (bicyclic) bond motifs is 4. The summed E-state index contributed by atoms with van der Waals surface area (Å²) in [4.78, 5) is 35.8. The molecule has 1 saturated carbocycles. The number of carbonyl (C=O) groups is 2. The Morgan fingerprint density at radius 3 is 2.64 bits per heavy atom. The molecule has 2 amide bonds. The predicted octanol–water partition coefficient (Wildman–Crippen LogP) is 6.61. The molecule has 7 rings (SSSR count). The molecule has 9 heteroatoms. The summed E-state index contributed by atoms with van der Waals surface area (Å²) in [6.07, 6.45) is 8.11. The summed E-state index contributed by atoms with van der Waals surface area (Å²) in [6.45, 7) is 11.6. The summed E-state index contributed by atoms with van der Waals surface area (Å²) >= 11 is 7.22. The zero-order chi connectivity index (χ0) is 32.7. The minimum Gasteiger partial charge on any atom is -0.489 e. The molecule has 0 unspecified atom stereocenters. The molecule has 3 aliphatic heterocycles. The van der Waals surface area contributed by atoms with Crippen molar-refractivity contribution in [2.75, 3.05) is 38.1 Å². The van der Waals surface area contributed by atoms with Crippen LogP contribution in [0, 0.1) is 5.92 Å². The van der Waals surface area contributed by atoms with Gasteiger partial charge >= 0.3 is 0 Å². The highest BCUT2D eigenvalue weighted by Crippen LogP contribution is 2.48. The fourth-order valence-electron chi connectivity index (χ4n) is 8.41. The summed E-state index contributed by atoms with van der Waals surface area (Å²) in [6, 6.07) is 17.1. The lowest BCUT2D eigenvalue weighted by molar-refractivity contribution is -0.130. The molecule has 3 aromatic carbocycles. The lowest BCUT2D eigenvalue weighted by Crippen LogP contribution is -2.59. The van der Waals surface area contributed by atoms with Crippen molar-refractivity contribution in [3.63, 3.8) is 0 Å². The zero-order valence-electron chi connectivity index (χ0n) is 27.3. The van der Waals surface area contributed by atoms with Crippen LogP contribution in [0.4, 0.5) is 5.69 Å². The number of benzene rings is 3. The Morgan fingerprint density at radius 2 is 1.87 bits per heavy atom. The van der Waals surface area contributed by atoms with Crippen molar-refractivity contribution in [3.05, 3.63) is 71.8 Å². The van der Waals surface area contributed by atoms with Gasteiger partial charge in [-0.05, 0) is 86.9 Å². The van der Waals surface area contributed by atoms with E-state index < -0.39 is 0 Å². The summed E-state index contributed by atoms with van der Waals surface area (Å²) in [5.41, 5.74) is 3.35. The molecule has 47 heavy (non-hydrogen) atoms. The standard InChI is InChI=1S/C38H44ClN5O3/c1-4-34(46)43-19-25(3)44(20-24(43)2)38(40-23-45)32-18-33(39)35(31-13-7-10-27-9-5-6-12-30(27)31)37-36(32)41-28(22-47-37)11-8-16-42-21-26-14-15-29(42)17-26/h4-7,9-10,12-13,18,23-26,28-29,41H,1,8,11,14-17,19-22H2,2-3H3/t24-,25+,26+,28-,29-/m1/s1. The number of anilines is 1. The van der Waals surface area contributed by atoms with Crippen molar-refractivity contribution in [1.29, 1.82) is 0 Å². The maximum absolute atomic E-state index is 12.6. The van der Waals surface area contributed by atoms with E-state index in [1.807, 2.05) is 43.0 Å². The third-order valence-corrected chi connectivity index (χ3v) is 11.0. The maximum Gasteiger partial charge on any atom is 0.246 e. The van der Waals surface area contributed by atoms with Crippen LogP contribution in [-0.4, -0.2) is 89.8 Å². The zero-order valence-corrected chi connectivity index (χ0v) is 28.1. The number of nitrogens with one attached hydrogen (secondary N) is 1. The molecule has 246 valence electrons. The molecule has 3 fully saturated rings. The number of aliphatic imine (C=N–C) groups is 1. The van der Waals surface area contributed by atoms with Crippen LogP contribution < -0.4 is 10.1 Å². The van der Waals surface area contributed by atoms with Gasteiger partial charge in [0, 0.05) is 48.9 Å². The maximum atomic E-state index is 12.6. The van der Waals surface area contributed by atoms with Crippen molar-refractivity contribution in [2.24, 2.45) is 10.9 Å². The molecule has 0 aromatic heterocycles. The Morgan fingerprint density at radius 1 is 1.09 bits per heavy atom. The largest absolute Gasteiger partial charge is 0.489 e. The molecular formula is C38H44ClN5O3. The molecule has 2 bridgehead atoms. The van der Waals surface area contributed by atoms with E-state index >= 15 is 0 Å². The fraction of sp³-hybridized carbons (Fsp3) is 0.447. The number of rotatable bonds is 8. The molecule has 3 aromatic rings. The Hall–Kier alpha value is -3.88. The van der Waals surface area contributed by atoms with E-state index in [0.29, 0.717) is 42.7 Å². The van der Waals surface area contributed by atoms with Gasteiger partial charge in [0.05, 0.1) is 16.8 Å². The quantitative estimate of drug-likeness (QED) is 0.128. The number of likely N-dealkylation sites (tertiary alicyclic amines) is 1. The Bertz CT molecular complexity index is 1720. The van der Waals surface area contributed by atoms with Crippen LogP contribution >= 0.6 is 11.6 Å². The van der Waals surface area contributed by atoms with Gasteiger partial charge in [0.1, 0.15) is 12.4 Å². The van der Waals surface area contributed by atoms with Gasteiger partial charge in [-0.25, -0.2) is 0 Å². The fourth-order valence-corrected chi connectivity index (χ4v) is 8.70. The first kappa shape index (κ1) is 31.7. The number of halogens is 1. The van der Waals surface area contributed by atoms with Gasteiger partial charge in [0.15, 0.2) is 5.75 Å². The predicted molar refractivity (Wildman–Crippen MR) is 189 cm³/mol. The molecule has 1 N–H and O–H groups in total. The van der Waals surface area contributed by atoms with Gasteiger partial charge < -0.3 is 24.8 Å². The van der Waals surface area contributed by atoms with Gasteiger partial charge in [0.2, 0.25) is 12.3 Å². The van der Waals surface area contributed by atoms with Crippen LogP contribution in [0.3, 0.4) is 0 Å². The van der Waals surface area contributed by atoms with Crippen molar-refractivity contribution >= 4 is 46.2 Å². The number of piperidine rings is 1. The molecule has 8 nitrogen and oxygen atoms in total. The lowest BCUT2D eigenvalue weighted by Gasteiger charge is -2.45. The number of amides is 2. The van der Waals surface area contributed by atoms with Crippen LogP contribution in [0.1, 0.15) is 51.5 Å². The van der Waals surface area contributed by atoms with Gasteiger partial charge in [-0.15, -0.1) is 0 Å². The Balaban J connectivity index is 1.26. The average molecular weight is 654 g/mol. The molecule has 1 aliphatic carbocycles. The molecule has 2 saturated heterocycles. The molecule has 0 spiro atoms. The first-order valence-electron chi connectivity index (χ1n) is 17.1. The number of ether oxygens (including phenoxy) is 1. The van der Waals surface area contributed by atoms with Gasteiger partial charge in [-0.1, -0.05) is 60.6 Å². The van der Waals surface area contributed by atoms with E-state index in [0.717, 1.165) is 64.5 Å². The number of piperazine rings is 1. The van der Waals surface area contributed by atoms with Crippen molar-refractivity contribution in [1.82, 2.24) is 14.7 Å². The third kappa shape index (κ3) is 6.02. The van der Waals surface area contributed by atoms with Gasteiger partial charge in [-0.2, -0.15) is 4.99 Å². The summed E-state index contributed by atoms with van der Waals surface area (Å²) in [5, 5.41) is 6.58. The van der Waals surface area contributed by atoms with E-state index in [-0.39, 0.29) is 24.0 Å². The SMILES string of the molecule is C=CC(=O)N1C[C@H](C)N(C(=NC=O)c2cc(Cl)c(-c3cccc4ccccc34)c3c2N[C@H](CCCN2C[C@H]4CC[C@@H]2C4)CO3)C[C@H]1C. The summed E-state index contributed by atoms with van der Waals surface area (Å²) < 4.78 is 6.70. The van der Waals surface area contributed by atoms with Crippen molar-refractivity contribution in [2.45, 2.75) is 70.1 Å². The minimum atomic E-state index is -0.104. The highest BCUT2D eigenvalue weighted by Gasteiger charge is 2.38. The van der Waals surface area contributed by atoms with Crippen LogP contribution in [0.15, 0.2) is 66.2 Å². The van der Waals surface area contributed by atoms with E-state index in [4.69, 9.17) is 16.3 Å². The second kappa shape index (κ2) is 13.3. The Kier molecular flexibility index (Phi) is 8.99. The first-order valence-corrected chi connectivity index (χ1v) is 17.4. The lowest BCUT2D eigenvalue weighted by atomic mass is 9.93. The monoisotopic (exact) mass is 653 g/mol. The van der Waals surface area contributed by atoms with E-state index in [9.17, 15) is 9.59 Å². The first-order chi connectivity index (χ1) is 22.9. The second-order valence-electron chi connectivity index (χ2n) is 13.7. The van der Waals surface area contributed by atoms with Gasteiger partial charge in [0.25, 0.3) is 0 Å². The highest BCUT2D eigenvalue weighted by atomic mass is 35.5. The van der Waals surface area contributed by atoms with Crippen molar-refractivity contribution < 1.29 is 14.3 Å². The number of hydrogen-bond acceptors (Lipinski definition) is 5.